The zero-order chi connectivity index (χ0) is 16.5. The molecule has 0 radical (unpaired) electrons. The molecule has 0 unspecified atom stereocenters. The number of anilines is 1. The van der Waals surface area contributed by atoms with E-state index in [1.807, 2.05) is 0 Å². The van der Waals surface area contributed by atoms with Crippen molar-refractivity contribution < 1.29 is 29.0 Å². The van der Waals surface area contributed by atoms with E-state index in [4.69, 9.17) is 14.6 Å². The van der Waals surface area contributed by atoms with Gasteiger partial charge >= 0.3 is 17.9 Å². The molecule has 1 saturated heterocycles. The van der Waals surface area contributed by atoms with Crippen molar-refractivity contribution in [2.45, 2.75) is 19.6 Å². The van der Waals surface area contributed by atoms with E-state index in [1.54, 1.807) is 0 Å². The number of aromatic carboxylic acids is 1. The number of carboxylic acids is 1. The van der Waals surface area contributed by atoms with Crippen molar-refractivity contribution in [3.05, 3.63) is 40.0 Å². The number of nitrogens with one attached hydrogen (secondary N) is 1. The van der Waals surface area contributed by atoms with Gasteiger partial charge in [-0.15, -0.1) is 0 Å². The van der Waals surface area contributed by atoms with Crippen LogP contribution in [-0.4, -0.2) is 28.8 Å². The maximum atomic E-state index is 11.7. The van der Waals surface area contributed by atoms with E-state index in [0.29, 0.717) is 10.2 Å². The molecule has 1 aromatic carbocycles. The zero-order valence-corrected chi connectivity index (χ0v) is 13.3. The van der Waals surface area contributed by atoms with Gasteiger partial charge < -0.3 is 19.9 Å². The van der Waals surface area contributed by atoms with Gasteiger partial charge in [0.15, 0.2) is 5.57 Å². The Balaban J connectivity index is 2.18. The van der Waals surface area contributed by atoms with Crippen molar-refractivity contribution in [1.82, 2.24) is 0 Å². The lowest BCUT2D eigenvalue weighted by molar-refractivity contribution is -0.222. The summed E-state index contributed by atoms with van der Waals surface area (Å²) >= 11 is 3.13. The van der Waals surface area contributed by atoms with Crippen molar-refractivity contribution in [2.24, 2.45) is 0 Å². The number of hydrogen-bond donors (Lipinski definition) is 2. The number of carbonyl (C=O) groups is 3. The van der Waals surface area contributed by atoms with E-state index in [9.17, 15) is 14.4 Å². The molecule has 1 aliphatic rings. The second kappa shape index (κ2) is 5.80. The van der Waals surface area contributed by atoms with Crippen LogP contribution in [0.25, 0.3) is 0 Å². The maximum Gasteiger partial charge on any atom is 0.350 e. The quantitative estimate of drug-likeness (QED) is 0.478. The normalized spacial score (nSPS) is 16.6. The van der Waals surface area contributed by atoms with Gasteiger partial charge in [-0.05, 0) is 34.1 Å². The predicted molar refractivity (Wildman–Crippen MR) is 79.1 cm³/mol. The molecular formula is C14H12BrNO6. The fourth-order valence-electron chi connectivity index (χ4n) is 1.71. The lowest BCUT2D eigenvalue weighted by Gasteiger charge is -2.29. The smallest absolute Gasteiger partial charge is 0.350 e. The minimum Gasteiger partial charge on any atom is -0.478 e. The van der Waals surface area contributed by atoms with Crippen LogP contribution in [0.4, 0.5) is 5.69 Å². The molecule has 0 aromatic heterocycles. The number of ether oxygens (including phenoxy) is 2. The number of carboxylic acid groups (broad SMARTS) is 1. The maximum absolute atomic E-state index is 11.7. The summed E-state index contributed by atoms with van der Waals surface area (Å²) in [5, 5.41) is 11.6. The Bertz CT molecular complexity index is 673. The van der Waals surface area contributed by atoms with Gasteiger partial charge in [-0.25, -0.2) is 14.4 Å². The number of esters is 2. The van der Waals surface area contributed by atoms with Gasteiger partial charge in [-0.2, -0.15) is 0 Å². The first kappa shape index (κ1) is 16.0. The molecule has 1 aromatic rings. The first-order valence-corrected chi connectivity index (χ1v) is 6.95. The molecule has 2 N–H and O–H groups in total. The number of benzene rings is 1. The summed E-state index contributed by atoms with van der Waals surface area (Å²) < 4.78 is 10.2. The SMILES string of the molecule is CC1(C)OC(=O)C(=CNc2ccc(C(=O)O)c(Br)c2)C(=O)O1. The highest BCUT2D eigenvalue weighted by atomic mass is 79.9. The first-order chi connectivity index (χ1) is 10.2. The molecule has 2 rings (SSSR count). The second-order valence-electron chi connectivity index (χ2n) is 4.88. The molecule has 1 aliphatic heterocycles. The molecule has 22 heavy (non-hydrogen) atoms. The fourth-order valence-corrected chi connectivity index (χ4v) is 2.26. The molecule has 7 nitrogen and oxygen atoms in total. The van der Waals surface area contributed by atoms with Gasteiger partial charge in [0.05, 0.1) is 5.56 Å². The molecule has 8 heteroatoms. The highest BCUT2D eigenvalue weighted by Crippen LogP contribution is 2.24. The van der Waals surface area contributed by atoms with E-state index in [-0.39, 0.29) is 11.1 Å². The van der Waals surface area contributed by atoms with Crippen LogP contribution in [0.5, 0.6) is 0 Å². The molecule has 0 saturated carbocycles. The average molecular weight is 370 g/mol. The van der Waals surface area contributed by atoms with Crippen LogP contribution < -0.4 is 5.32 Å². The summed E-state index contributed by atoms with van der Waals surface area (Å²) in [5.74, 6) is -3.96. The van der Waals surface area contributed by atoms with E-state index in [1.165, 1.54) is 32.0 Å². The second-order valence-corrected chi connectivity index (χ2v) is 5.74. The highest BCUT2D eigenvalue weighted by molar-refractivity contribution is 9.10. The van der Waals surface area contributed by atoms with Gasteiger partial charge in [0.25, 0.3) is 5.79 Å². The summed E-state index contributed by atoms with van der Waals surface area (Å²) in [6.07, 6.45) is 1.15. The Labute approximate surface area is 134 Å². The van der Waals surface area contributed by atoms with Crippen LogP contribution in [0, 0.1) is 0 Å². The summed E-state index contributed by atoms with van der Waals surface area (Å²) in [6, 6.07) is 4.38. The minimum absolute atomic E-state index is 0.0939. The van der Waals surface area contributed by atoms with E-state index in [0.717, 1.165) is 6.20 Å². The molecule has 1 heterocycles. The standard InChI is InChI=1S/C14H12BrNO6/c1-14(2)21-12(19)9(13(20)22-14)6-16-7-3-4-8(11(17)18)10(15)5-7/h3-6,16H,1-2H3,(H,17,18). The van der Waals surface area contributed by atoms with Crippen molar-refractivity contribution in [3.63, 3.8) is 0 Å². The monoisotopic (exact) mass is 369 g/mol. The molecule has 0 bridgehead atoms. The fraction of sp³-hybridized carbons (Fsp3) is 0.214. The van der Waals surface area contributed by atoms with Gasteiger partial charge in [0.2, 0.25) is 0 Å². The topological polar surface area (TPSA) is 102 Å². The molecule has 0 spiro atoms. The number of cyclic esters (lactones) is 2. The Morgan fingerprint density at radius 3 is 2.36 bits per heavy atom. The highest BCUT2D eigenvalue weighted by Gasteiger charge is 2.38. The number of hydrogen-bond acceptors (Lipinski definition) is 6. The third-order valence-electron chi connectivity index (χ3n) is 2.70. The van der Waals surface area contributed by atoms with Crippen molar-refractivity contribution in [1.29, 1.82) is 0 Å². The van der Waals surface area contributed by atoms with E-state index in [2.05, 4.69) is 21.2 Å². The summed E-state index contributed by atoms with van der Waals surface area (Å²) in [6.45, 7) is 2.91. The van der Waals surface area contributed by atoms with Crippen LogP contribution in [0.1, 0.15) is 24.2 Å². The predicted octanol–water partition coefficient (Wildman–Crippen LogP) is 2.28. The largest absolute Gasteiger partial charge is 0.478 e. The van der Waals surface area contributed by atoms with Crippen LogP contribution >= 0.6 is 15.9 Å². The van der Waals surface area contributed by atoms with Crippen LogP contribution in [0.15, 0.2) is 34.4 Å². The van der Waals surface area contributed by atoms with Gasteiger partial charge in [-0.3, -0.25) is 0 Å². The lowest BCUT2D eigenvalue weighted by Crippen LogP contribution is -2.42. The van der Waals surface area contributed by atoms with Crippen LogP contribution in [0.3, 0.4) is 0 Å². The third-order valence-corrected chi connectivity index (χ3v) is 3.36. The van der Waals surface area contributed by atoms with Gasteiger partial charge in [0, 0.05) is 30.2 Å². The first-order valence-electron chi connectivity index (χ1n) is 6.16. The molecule has 1 fully saturated rings. The molecule has 0 atom stereocenters. The number of halogens is 1. The van der Waals surface area contributed by atoms with Crippen molar-refractivity contribution >= 4 is 39.5 Å². The van der Waals surface area contributed by atoms with Crippen molar-refractivity contribution in [2.75, 3.05) is 5.32 Å². The molecule has 116 valence electrons. The number of carbonyl (C=O) groups excluding carboxylic acids is 2. The summed E-state index contributed by atoms with van der Waals surface area (Å²) in [4.78, 5) is 34.4. The van der Waals surface area contributed by atoms with E-state index >= 15 is 0 Å². The Kier molecular flexibility index (Phi) is 4.23. The number of rotatable bonds is 3. The summed E-state index contributed by atoms with van der Waals surface area (Å²) in [5.41, 5.74) is 0.295. The Morgan fingerprint density at radius 2 is 1.86 bits per heavy atom. The zero-order valence-electron chi connectivity index (χ0n) is 11.7. The van der Waals surface area contributed by atoms with Crippen LogP contribution in [-0.2, 0) is 19.1 Å². The average Bonchev–Trinajstić information content (AvgIpc) is 2.35. The summed E-state index contributed by atoms with van der Waals surface area (Å²) in [7, 11) is 0. The molecule has 0 aliphatic carbocycles. The van der Waals surface area contributed by atoms with Gasteiger partial charge in [-0.1, -0.05) is 0 Å². The molecular weight excluding hydrogens is 358 g/mol. The minimum atomic E-state index is -1.29. The Morgan fingerprint density at radius 1 is 1.27 bits per heavy atom. The molecule has 0 amide bonds. The third kappa shape index (κ3) is 3.45. The van der Waals surface area contributed by atoms with Crippen LogP contribution in [0.2, 0.25) is 0 Å². The van der Waals surface area contributed by atoms with Gasteiger partial charge in [0.1, 0.15) is 0 Å². The lowest BCUT2D eigenvalue weighted by atomic mass is 10.2. The van der Waals surface area contributed by atoms with Crippen molar-refractivity contribution in [3.8, 4) is 0 Å². The van der Waals surface area contributed by atoms with E-state index < -0.39 is 23.7 Å². The Hall–Kier alpha value is -2.35.